The molecule has 9 heteroatoms. The topological polar surface area (TPSA) is 112 Å². The molecule has 0 saturated heterocycles. The minimum atomic E-state index is -0.305. The molecule has 0 bridgehead atoms. The number of carbonyl (C=O) groups is 1. The molecule has 1 aliphatic carbocycles. The van der Waals surface area contributed by atoms with Crippen LogP contribution in [0, 0.1) is 11.7 Å². The third kappa shape index (κ3) is 3.80. The van der Waals surface area contributed by atoms with Gasteiger partial charge in [-0.2, -0.15) is 5.10 Å². The first-order valence-corrected chi connectivity index (χ1v) is 12.5. The molecule has 2 aromatic carbocycles. The maximum Gasteiger partial charge on any atom is 0.227 e. The van der Waals surface area contributed by atoms with Gasteiger partial charge in [0.15, 0.2) is 11.5 Å². The average Bonchev–Trinajstić information content (AvgIpc) is 3.52. The highest BCUT2D eigenvalue weighted by Crippen LogP contribution is 2.33. The zero-order valence-corrected chi connectivity index (χ0v) is 20.2. The highest BCUT2D eigenvalue weighted by atomic mass is 19.1. The van der Waals surface area contributed by atoms with Crippen molar-refractivity contribution in [3.63, 3.8) is 0 Å². The van der Waals surface area contributed by atoms with Crippen LogP contribution in [0.2, 0.25) is 0 Å². The van der Waals surface area contributed by atoms with Crippen LogP contribution >= 0.6 is 0 Å². The Hall–Kier alpha value is -4.92. The zero-order chi connectivity index (χ0) is 25.6. The Morgan fingerprint density at radius 1 is 0.921 bits per heavy atom. The van der Waals surface area contributed by atoms with E-state index in [0.717, 1.165) is 35.9 Å². The van der Waals surface area contributed by atoms with Crippen molar-refractivity contribution in [2.45, 2.75) is 19.3 Å². The van der Waals surface area contributed by atoms with Crippen LogP contribution in [0.1, 0.15) is 19.3 Å². The molecule has 4 aromatic heterocycles. The van der Waals surface area contributed by atoms with E-state index in [9.17, 15) is 9.18 Å². The van der Waals surface area contributed by atoms with Gasteiger partial charge in [-0.15, -0.1) is 0 Å². The number of carbonyl (C=O) groups excluding carboxylic acids is 1. The zero-order valence-electron chi connectivity index (χ0n) is 20.2. The smallest absolute Gasteiger partial charge is 0.227 e. The monoisotopic (exact) mass is 503 g/mol. The molecule has 186 valence electrons. The number of para-hydroxylation sites is 1. The highest BCUT2D eigenvalue weighted by molar-refractivity contribution is 5.97. The number of fused-ring (bicyclic) bond motifs is 2. The van der Waals surface area contributed by atoms with Gasteiger partial charge in [0, 0.05) is 28.8 Å². The van der Waals surface area contributed by atoms with Crippen molar-refractivity contribution in [1.82, 2.24) is 30.1 Å². The predicted molar refractivity (Wildman–Crippen MR) is 144 cm³/mol. The summed E-state index contributed by atoms with van der Waals surface area (Å²) in [6.07, 6.45) is 6.33. The van der Waals surface area contributed by atoms with E-state index in [1.165, 1.54) is 6.07 Å². The Balaban J connectivity index is 1.27. The fourth-order valence-corrected chi connectivity index (χ4v) is 4.83. The van der Waals surface area contributed by atoms with Crippen LogP contribution in [0.3, 0.4) is 0 Å². The van der Waals surface area contributed by atoms with E-state index in [0.29, 0.717) is 45.1 Å². The summed E-state index contributed by atoms with van der Waals surface area (Å²) in [6.45, 7) is 0. The van der Waals surface area contributed by atoms with Gasteiger partial charge in [0.25, 0.3) is 0 Å². The van der Waals surface area contributed by atoms with Gasteiger partial charge >= 0.3 is 0 Å². The Kier molecular flexibility index (Phi) is 5.21. The summed E-state index contributed by atoms with van der Waals surface area (Å²) in [5.74, 6) is 0.347. The van der Waals surface area contributed by atoms with Gasteiger partial charge in [-0.1, -0.05) is 36.8 Å². The highest BCUT2D eigenvalue weighted by Gasteiger charge is 2.25. The third-order valence-corrected chi connectivity index (χ3v) is 7.09. The number of H-pyrrole nitrogens is 2. The molecular formula is C29H22FN7O. The van der Waals surface area contributed by atoms with Gasteiger partial charge in [0.2, 0.25) is 5.91 Å². The molecule has 8 nitrogen and oxygen atoms in total. The van der Waals surface area contributed by atoms with Crippen molar-refractivity contribution in [2.75, 3.05) is 5.32 Å². The van der Waals surface area contributed by atoms with Crippen LogP contribution < -0.4 is 5.32 Å². The first-order valence-electron chi connectivity index (χ1n) is 12.5. The lowest BCUT2D eigenvalue weighted by atomic mass is 9.85. The second-order valence-electron chi connectivity index (χ2n) is 9.51. The molecule has 1 fully saturated rings. The Bertz CT molecular complexity index is 1840. The number of halogens is 1. The summed E-state index contributed by atoms with van der Waals surface area (Å²) in [7, 11) is 0. The maximum absolute atomic E-state index is 14.6. The number of rotatable bonds is 5. The van der Waals surface area contributed by atoms with Crippen LogP contribution in [-0.2, 0) is 4.79 Å². The number of imidazole rings is 1. The van der Waals surface area contributed by atoms with Crippen LogP contribution in [0.15, 0.2) is 73.1 Å². The van der Waals surface area contributed by atoms with Crippen LogP contribution in [0.25, 0.3) is 56.0 Å². The van der Waals surface area contributed by atoms with E-state index in [2.05, 4.69) is 25.5 Å². The molecule has 3 N–H and O–H groups in total. The van der Waals surface area contributed by atoms with E-state index in [-0.39, 0.29) is 17.6 Å². The third-order valence-electron chi connectivity index (χ3n) is 7.09. The standard InChI is InChI=1S/C29H22FN7O/c30-21-9-2-1-7-19(21)20-8-4-10-23-25(20)35-28(34-23)27-26-24(36-37-27)12-11-22(33-26)17-13-18(15-31-14-17)32-29(38)16-5-3-6-16/h1-2,4,7-16H,3,5-6H2,(H,32,38)(H,34,35)(H,36,37). The molecular weight excluding hydrogens is 481 g/mol. The average molecular weight is 504 g/mol. The van der Waals surface area contributed by atoms with Crippen LogP contribution in [-0.4, -0.2) is 36.0 Å². The number of aromatic amines is 2. The Labute approximate surface area is 216 Å². The summed E-state index contributed by atoms with van der Waals surface area (Å²) in [5.41, 5.74) is 6.66. The summed E-state index contributed by atoms with van der Waals surface area (Å²) >= 11 is 0. The van der Waals surface area contributed by atoms with Crippen molar-refractivity contribution in [1.29, 1.82) is 0 Å². The van der Waals surface area contributed by atoms with E-state index in [4.69, 9.17) is 9.97 Å². The maximum atomic E-state index is 14.6. The number of pyridine rings is 2. The van der Waals surface area contributed by atoms with Crippen LogP contribution in [0.4, 0.5) is 10.1 Å². The fraction of sp³-hybridized carbons (Fsp3) is 0.138. The SMILES string of the molecule is O=C(Nc1cncc(-c2ccc3[nH]nc(-c4nc5c(-c6ccccc6F)cccc5[nH]4)c3n2)c1)C1CCC1. The second-order valence-corrected chi connectivity index (χ2v) is 9.51. The lowest BCUT2D eigenvalue weighted by Gasteiger charge is -2.24. The van der Waals surface area contributed by atoms with Gasteiger partial charge in [-0.3, -0.25) is 14.9 Å². The number of amides is 1. The van der Waals surface area contributed by atoms with Gasteiger partial charge < -0.3 is 10.3 Å². The van der Waals surface area contributed by atoms with Crippen molar-refractivity contribution in [3.05, 3.63) is 78.9 Å². The van der Waals surface area contributed by atoms with E-state index >= 15 is 0 Å². The molecule has 0 spiro atoms. The molecule has 0 unspecified atom stereocenters. The van der Waals surface area contributed by atoms with Gasteiger partial charge in [0.1, 0.15) is 11.3 Å². The van der Waals surface area contributed by atoms with E-state index in [1.54, 1.807) is 30.6 Å². The number of aromatic nitrogens is 6. The molecule has 38 heavy (non-hydrogen) atoms. The van der Waals surface area contributed by atoms with Crippen molar-refractivity contribution < 1.29 is 9.18 Å². The Morgan fingerprint density at radius 3 is 2.63 bits per heavy atom. The number of anilines is 1. The molecule has 1 saturated carbocycles. The summed E-state index contributed by atoms with van der Waals surface area (Å²) in [6, 6.07) is 17.9. The molecule has 1 aliphatic rings. The fourth-order valence-electron chi connectivity index (χ4n) is 4.83. The predicted octanol–water partition coefficient (Wildman–Crippen LogP) is 6.11. The molecule has 7 rings (SSSR count). The van der Waals surface area contributed by atoms with Gasteiger partial charge in [0.05, 0.1) is 34.1 Å². The van der Waals surface area contributed by atoms with Crippen molar-refractivity contribution in [2.24, 2.45) is 5.92 Å². The number of benzene rings is 2. The number of nitrogens with one attached hydrogen (secondary N) is 3. The number of hydrogen-bond donors (Lipinski definition) is 3. The van der Waals surface area contributed by atoms with E-state index < -0.39 is 0 Å². The summed E-state index contributed by atoms with van der Waals surface area (Å²) in [5, 5.41) is 10.5. The quantitative estimate of drug-likeness (QED) is 0.263. The van der Waals surface area contributed by atoms with Gasteiger partial charge in [-0.25, -0.2) is 14.4 Å². The minimum absolute atomic E-state index is 0.0374. The lowest BCUT2D eigenvalue weighted by Crippen LogP contribution is -2.28. The largest absolute Gasteiger partial charge is 0.336 e. The molecule has 1 amide bonds. The first-order chi connectivity index (χ1) is 18.6. The normalized spacial score (nSPS) is 13.6. The molecule has 0 atom stereocenters. The minimum Gasteiger partial charge on any atom is -0.336 e. The summed E-state index contributed by atoms with van der Waals surface area (Å²) in [4.78, 5) is 29.7. The van der Waals surface area contributed by atoms with Crippen molar-refractivity contribution >= 4 is 33.7 Å². The van der Waals surface area contributed by atoms with E-state index in [1.807, 2.05) is 36.4 Å². The van der Waals surface area contributed by atoms with Crippen molar-refractivity contribution in [3.8, 4) is 33.9 Å². The first kappa shape index (κ1) is 22.3. The number of nitrogens with zero attached hydrogens (tertiary/aromatic N) is 4. The second kappa shape index (κ2) is 8.88. The molecule has 0 radical (unpaired) electrons. The molecule has 6 aromatic rings. The molecule has 0 aliphatic heterocycles. The Morgan fingerprint density at radius 2 is 1.79 bits per heavy atom. The lowest BCUT2D eigenvalue weighted by molar-refractivity contribution is -0.122. The van der Waals surface area contributed by atoms with Gasteiger partial charge in [-0.05, 0) is 43.2 Å². The number of hydrogen-bond acceptors (Lipinski definition) is 5. The summed E-state index contributed by atoms with van der Waals surface area (Å²) < 4.78 is 14.6. The van der Waals surface area contributed by atoms with Crippen LogP contribution in [0.5, 0.6) is 0 Å². The molecule has 4 heterocycles.